The molecule has 0 aliphatic rings. The van der Waals surface area contributed by atoms with Gasteiger partial charge in [-0.15, -0.1) is 0 Å². The van der Waals surface area contributed by atoms with Crippen LogP contribution in [0.5, 0.6) is 0 Å². The van der Waals surface area contributed by atoms with Crippen LogP contribution >= 0.6 is 23.4 Å². The van der Waals surface area contributed by atoms with Crippen molar-refractivity contribution in [2.45, 2.75) is 4.90 Å². The lowest BCUT2D eigenvalue weighted by Gasteiger charge is -2.05. The largest absolute Gasteiger partial charge is 0.311 e. The summed E-state index contributed by atoms with van der Waals surface area (Å²) in [6.07, 6.45) is 0. The second kappa shape index (κ2) is 6.55. The number of anilines is 1. The Morgan fingerprint density at radius 2 is 1.90 bits per heavy atom. The lowest BCUT2D eigenvalue weighted by atomic mass is 10.2. The molecule has 2 aromatic carbocycles. The van der Waals surface area contributed by atoms with Crippen molar-refractivity contribution < 1.29 is 14.1 Å². The van der Waals surface area contributed by atoms with Gasteiger partial charge < -0.3 is 5.32 Å². The Morgan fingerprint density at radius 1 is 1.24 bits per heavy atom. The van der Waals surface area contributed by atoms with E-state index in [0.29, 0.717) is 9.92 Å². The molecule has 1 amide bonds. The minimum absolute atomic E-state index is 0.0622. The fraction of sp³-hybridized carbons (Fsp3) is 0. The van der Waals surface area contributed by atoms with Gasteiger partial charge in [0.05, 0.1) is 11.0 Å². The molecule has 0 saturated carbocycles. The van der Waals surface area contributed by atoms with Crippen LogP contribution in [0.25, 0.3) is 0 Å². The van der Waals surface area contributed by atoms with E-state index in [1.54, 1.807) is 24.3 Å². The van der Waals surface area contributed by atoms with E-state index in [0.717, 1.165) is 30.0 Å². The number of nitro groups is 1. The van der Waals surface area contributed by atoms with Gasteiger partial charge in [0.15, 0.2) is 0 Å². The molecule has 0 radical (unpaired) electrons. The number of carbonyl (C=O) groups excluding carboxylic acids is 1. The maximum atomic E-state index is 13.0. The Kier molecular flexibility index (Phi) is 4.77. The van der Waals surface area contributed by atoms with Gasteiger partial charge in [0.25, 0.3) is 10.9 Å². The van der Waals surface area contributed by atoms with Gasteiger partial charge in [-0.2, -0.15) is 0 Å². The van der Waals surface area contributed by atoms with Gasteiger partial charge in [0, 0.05) is 9.92 Å². The van der Waals surface area contributed by atoms with Gasteiger partial charge >= 0.3 is 0 Å². The van der Waals surface area contributed by atoms with Gasteiger partial charge in [-0.1, -0.05) is 11.6 Å². The number of hydrogen-bond acceptors (Lipinski definition) is 4. The molecular weight excluding hydrogens is 319 g/mol. The van der Waals surface area contributed by atoms with Gasteiger partial charge in [0.2, 0.25) is 0 Å². The topological polar surface area (TPSA) is 72.2 Å². The number of thioether (sulfide) groups is 1. The fourth-order valence-corrected chi connectivity index (χ4v) is 2.28. The first-order valence-corrected chi connectivity index (χ1v) is 6.83. The highest BCUT2D eigenvalue weighted by Gasteiger charge is 2.17. The molecule has 2 rings (SSSR count). The summed E-state index contributed by atoms with van der Waals surface area (Å²) in [5, 5.41) is 13.2. The third-order valence-corrected chi connectivity index (χ3v) is 3.46. The number of halogens is 2. The molecule has 0 aromatic heterocycles. The van der Waals surface area contributed by atoms with Crippen molar-refractivity contribution in [3.05, 3.63) is 63.4 Å². The van der Waals surface area contributed by atoms with Gasteiger partial charge in [-0.25, -0.2) is 4.39 Å². The SMILES string of the molecule is O=C(Nc1ccc(F)cc1[N+](=O)[O-])Sc1ccc(Cl)cc1. The van der Waals surface area contributed by atoms with Crippen molar-refractivity contribution in [3.63, 3.8) is 0 Å². The second-order valence-corrected chi connectivity index (χ2v) is 5.37. The summed E-state index contributed by atoms with van der Waals surface area (Å²) >= 11 is 6.57. The molecule has 0 saturated heterocycles. The zero-order valence-electron chi connectivity index (χ0n) is 10.4. The second-order valence-electron chi connectivity index (χ2n) is 3.89. The number of nitrogens with one attached hydrogen (secondary N) is 1. The maximum absolute atomic E-state index is 13.0. The standard InChI is InChI=1S/C13H8ClFN2O3S/c14-8-1-4-10(5-2-8)21-13(18)16-11-6-3-9(15)7-12(11)17(19)20/h1-7H,(H,16,18). The van der Waals surface area contributed by atoms with Crippen LogP contribution in [-0.4, -0.2) is 10.2 Å². The van der Waals surface area contributed by atoms with Crippen molar-refractivity contribution >= 4 is 40.0 Å². The Morgan fingerprint density at radius 3 is 2.52 bits per heavy atom. The van der Waals surface area contributed by atoms with E-state index in [2.05, 4.69) is 5.32 Å². The normalized spacial score (nSPS) is 10.2. The number of benzene rings is 2. The first-order valence-electron chi connectivity index (χ1n) is 5.64. The average Bonchev–Trinajstić information content (AvgIpc) is 2.43. The van der Waals surface area contributed by atoms with Gasteiger partial charge in [0.1, 0.15) is 11.5 Å². The third kappa shape index (κ3) is 4.17. The lowest BCUT2D eigenvalue weighted by Crippen LogP contribution is -2.07. The third-order valence-electron chi connectivity index (χ3n) is 2.42. The predicted octanol–water partition coefficient (Wildman–Crippen LogP) is 4.71. The molecule has 2 aromatic rings. The van der Waals surface area contributed by atoms with Crippen molar-refractivity contribution in [1.82, 2.24) is 0 Å². The summed E-state index contributed by atoms with van der Waals surface area (Å²) in [4.78, 5) is 22.5. The maximum Gasteiger partial charge on any atom is 0.295 e. The van der Waals surface area contributed by atoms with Gasteiger partial charge in [-0.3, -0.25) is 14.9 Å². The minimum Gasteiger partial charge on any atom is -0.311 e. The number of rotatable bonds is 3. The van der Waals surface area contributed by atoms with Crippen LogP contribution in [0.15, 0.2) is 47.4 Å². The monoisotopic (exact) mass is 326 g/mol. The van der Waals surface area contributed by atoms with Crippen molar-refractivity contribution in [1.29, 1.82) is 0 Å². The Hall–Kier alpha value is -2.12. The molecule has 5 nitrogen and oxygen atoms in total. The van der Waals surface area contributed by atoms with Crippen LogP contribution < -0.4 is 5.32 Å². The Bertz CT molecular complexity index is 694. The van der Waals surface area contributed by atoms with E-state index in [9.17, 15) is 19.3 Å². The molecule has 21 heavy (non-hydrogen) atoms. The summed E-state index contributed by atoms with van der Waals surface area (Å²) in [5.74, 6) is -0.745. The van der Waals surface area contributed by atoms with Crippen LogP contribution in [0.1, 0.15) is 0 Å². The van der Waals surface area contributed by atoms with E-state index >= 15 is 0 Å². The zero-order valence-corrected chi connectivity index (χ0v) is 12.0. The van der Waals surface area contributed by atoms with E-state index in [1.807, 2.05) is 0 Å². The van der Waals surface area contributed by atoms with Crippen LogP contribution in [0.3, 0.4) is 0 Å². The molecule has 8 heteroatoms. The zero-order chi connectivity index (χ0) is 15.4. The van der Waals surface area contributed by atoms with Crippen LogP contribution in [0, 0.1) is 15.9 Å². The van der Waals surface area contributed by atoms with E-state index in [-0.39, 0.29) is 5.69 Å². The summed E-state index contributed by atoms with van der Waals surface area (Å²) in [6, 6.07) is 9.47. The average molecular weight is 327 g/mol. The van der Waals surface area contributed by atoms with Crippen LogP contribution in [0.4, 0.5) is 20.6 Å². The van der Waals surface area contributed by atoms with E-state index in [1.165, 1.54) is 0 Å². The molecule has 0 bridgehead atoms. The molecule has 0 fully saturated rings. The van der Waals surface area contributed by atoms with Crippen molar-refractivity contribution in [2.75, 3.05) is 5.32 Å². The summed E-state index contributed by atoms with van der Waals surface area (Å²) in [7, 11) is 0. The van der Waals surface area contributed by atoms with Crippen LogP contribution in [-0.2, 0) is 0 Å². The molecule has 0 heterocycles. The quantitative estimate of drug-likeness (QED) is 0.503. The van der Waals surface area contributed by atoms with Crippen molar-refractivity contribution in [2.24, 2.45) is 0 Å². The van der Waals surface area contributed by atoms with E-state index < -0.39 is 21.7 Å². The number of nitro benzene ring substituents is 1. The minimum atomic E-state index is -0.758. The summed E-state index contributed by atoms with van der Waals surface area (Å²) in [6.45, 7) is 0. The van der Waals surface area contributed by atoms with Crippen LogP contribution in [0.2, 0.25) is 5.02 Å². The molecule has 0 unspecified atom stereocenters. The molecule has 0 spiro atoms. The highest BCUT2D eigenvalue weighted by molar-refractivity contribution is 8.13. The molecule has 108 valence electrons. The molecule has 0 aliphatic heterocycles. The summed E-state index contributed by atoms with van der Waals surface area (Å²) < 4.78 is 13.0. The fourth-order valence-electron chi connectivity index (χ4n) is 1.51. The number of amides is 1. The number of hydrogen-bond donors (Lipinski definition) is 1. The van der Waals surface area contributed by atoms with Gasteiger partial charge in [-0.05, 0) is 48.2 Å². The highest BCUT2D eigenvalue weighted by Crippen LogP contribution is 2.28. The smallest absolute Gasteiger partial charge is 0.295 e. The molecule has 1 N–H and O–H groups in total. The van der Waals surface area contributed by atoms with Crippen molar-refractivity contribution in [3.8, 4) is 0 Å². The number of nitrogens with zero attached hydrogens (tertiary/aromatic N) is 1. The first kappa shape index (κ1) is 15.3. The predicted molar refractivity (Wildman–Crippen MR) is 79.4 cm³/mol. The Balaban J connectivity index is 2.12. The first-order chi connectivity index (χ1) is 9.95. The lowest BCUT2D eigenvalue weighted by molar-refractivity contribution is -0.384. The number of carbonyl (C=O) groups is 1. The highest BCUT2D eigenvalue weighted by atomic mass is 35.5. The van der Waals surface area contributed by atoms with E-state index in [4.69, 9.17) is 11.6 Å². The molecule has 0 atom stereocenters. The molecular formula is C13H8ClFN2O3S. The summed E-state index contributed by atoms with van der Waals surface area (Å²) in [5.41, 5.74) is -0.562. The molecule has 0 aliphatic carbocycles. The Labute approximate surface area is 128 Å².